The first-order chi connectivity index (χ1) is 33.7. The number of phenols is 4. The minimum atomic E-state index is -2.29. The molecule has 9 rings (SSSR count). The van der Waals surface area contributed by atoms with Gasteiger partial charge in [-0.25, -0.2) is 62.7 Å². The molecular weight excluding hydrogens is 1220 g/mol. The Balaban J connectivity index is 0.000000206. The van der Waals surface area contributed by atoms with Gasteiger partial charge >= 0.3 is 0 Å². The van der Waals surface area contributed by atoms with E-state index in [1.165, 1.54) is 0 Å². The number of hydrogen-bond donors (Lipinski definition) is 6. The second-order valence-corrected chi connectivity index (χ2v) is 13.6. The van der Waals surface area contributed by atoms with Gasteiger partial charge in [-0.15, -0.1) is 0 Å². The summed E-state index contributed by atoms with van der Waals surface area (Å²) in [6, 6.07) is 16.4. The quantitative estimate of drug-likeness (QED) is 0.0508. The average molecular weight is 1240 g/mol. The predicted molar refractivity (Wildman–Crippen MR) is 210 cm³/mol. The Bertz CT molecular complexity index is 2650. The third kappa shape index (κ3) is 12.5. The summed E-state index contributed by atoms with van der Waals surface area (Å²) in [6.07, 6.45) is 8.09. The van der Waals surface area contributed by atoms with Crippen LogP contribution in [0.2, 0.25) is 0 Å². The summed E-state index contributed by atoms with van der Waals surface area (Å²) < 4.78 is 243. The molecule has 388 valence electrons. The number of benzene rings is 4. The van der Waals surface area contributed by atoms with Crippen molar-refractivity contribution in [2.45, 2.75) is 0 Å². The van der Waals surface area contributed by atoms with Crippen molar-refractivity contribution in [1.82, 2.24) is 19.9 Å². The molecule has 0 fully saturated rings. The molecule has 5 heterocycles. The van der Waals surface area contributed by atoms with Crippen LogP contribution in [0.15, 0.2) is 48.5 Å². The maximum absolute atomic E-state index is 12.2. The first-order valence-electron chi connectivity index (χ1n) is 18.5. The average Bonchev–Trinajstić information content (AvgIpc) is 4.22. The maximum atomic E-state index is 12.2. The minimum absolute atomic E-state index is 0. The Kier molecular flexibility index (Phi) is 18.5. The summed E-state index contributed by atoms with van der Waals surface area (Å²) >= 11 is 0. The largest absolute Gasteiger partial charge is 0.503 e. The summed E-state index contributed by atoms with van der Waals surface area (Å²) in [5.74, 6) is -51.8. The number of aromatic nitrogens is 4. The first kappa shape index (κ1) is 57.5. The van der Waals surface area contributed by atoms with E-state index in [0.29, 0.717) is 0 Å². The molecule has 4 aromatic carbocycles. The fourth-order valence-corrected chi connectivity index (χ4v) is 5.32. The predicted octanol–water partition coefficient (Wildman–Crippen LogP) is 13.0. The number of aromatic amines is 2. The number of fused-ring (bicyclic) bond motifs is 8. The van der Waals surface area contributed by atoms with Gasteiger partial charge in [-0.3, -0.25) is 0 Å². The van der Waals surface area contributed by atoms with E-state index in [9.17, 15) is 87.8 Å². The van der Waals surface area contributed by atoms with Crippen LogP contribution in [0.5, 0.6) is 23.0 Å². The number of hydrogen-bond acceptors (Lipinski definition) is 6. The van der Waals surface area contributed by atoms with Gasteiger partial charge in [0.15, 0.2) is 23.0 Å². The Morgan fingerprint density at radius 1 is 0.247 bits per heavy atom. The smallest absolute Gasteiger partial charge is 0.206 e. The summed E-state index contributed by atoms with van der Waals surface area (Å²) in [5.41, 5.74) is 7.86. The second-order valence-electron chi connectivity index (χ2n) is 13.6. The zero-order valence-corrected chi connectivity index (χ0v) is 36.8. The van der Waals surface area contributed by atoms with Gasteiger partial charge in [0, 0.05) is 43.1 Å². The van der Waals surface area contributed by atoms with E-state index in [1.807, 2.05) is 48.6 Å². The standard InChI is InChI=1S/C20H14N4.4C6HF5O.Pt/c1-2-14-10-16-5-6-18(23-16)12-20-8-7-19(24-20)11-17-4-3-15(22-17)9-13(1)21-14;4*7-1-2(8)4(10)6(12)5(11)3(1)9;/h1-12,21,24H;4*12H;. The number of aromatic hydroxyl groups is 4. The van der Waals surface area contributed by atoms with E-state index < -0.39 is 139 Å². The van der Waals surface area contributed by atoms with Gasteiger partial charge in [0.1, 0.15) is 0 Å². The van der Waals surface area contributed by atoms with E-state index in [2.05, 4.69) is 44.2 Å². The van der Waals surface area contributed by atoms with Gasteiger partial charge in [0.05, 0.1) is 22.8 Å². The van der Waals surface area contributed by atoms with Crippen LogP contribution >= 0.6 is 0 Å². The van der Waals surface area contributed by atoms with Crippen molar-refractivity contribution in [3.63, 3.8) is 0 Å². The number of H-pyrrole nitrogens is 2. The molecule has 0 amide bonds. The molecule has 73 heavy (non-hydrogen) atoms. The molecule has 29 heteroatoms. The molecule has 6 N–H and O–H groups in total. The molecule has 2 aliphatic heterocycles. The molecule has 3 aromatic heterocycles. The van der Waals surface area contributed by atoms with Crippen LogP contribution in [-0.4, -0.2) is 40.4 Å². The third-order valence-corrected chi connectivity index (χ3v) is 8.79. The van der Waals surface area contributed by atoms with E-state index in [-0.39, 0.29) is 21.1 Å². The second kappa shape index (κ2) is 23.5. The fourth-order valence-electron chi connectivity index (χ4n) is 5.32. The molecule has 2 aliphatic rings. The van der Waals surface area contributed by atoms with E-state index >= 15 is 0 Å². The van der Waals surface area contributed by atoms with Gasteiger partial charge in [0.2, 0.25) is 116 Å². The van der Waals surface area contributed by atoms with E-state index in [0.717, 1.165) is 44.8 Å². The van der Waals surface area contributed by atoms with Gasteiger partial charge in [-0.2, -0.15) is 35.1 Å². The molecule has 8 nitrogen and oxygen atoms in total. The summed E-state index contributed by atoms with van der Waals surface area (Å²) in [7, 11) is 0. The normalized spacial score (nSPS) is 11.0. The SMILES string of the molecule is C1=Cc2cc3ccc(cc4nc(cc5ccc(cc1n2)[nH]5)C=C4)[nH]3.Oc1c(F)c(F)c(F)c(F)c1F.Oc1c(F)c(F)c(F)c(F)c1F.Oc1c(F)c(F)c(F)c(F)c1F.Oc1c(F)c(F)c(F)c(F)c1F.[Pt]. The Hall–Kier alpha value is -8.03. The van der Waals surface area contributed by atoms with Crippen molar-refractivity contribution in [3.8, 4) is 23.0 Å². The maximum Gasteiger partial charge on any atom is 0.206 e. The molecule has 7 aromatic rings. The third-order valence-electron chi connectivity index (χ3n) is 8.79. The fraction of sp³-hybridized carbons (Fsp3) is 0. The van der Waals surface area contributed by atoms with Crippen LogP contribution in [0.25, 0.3) is 46.4 Å². The van der Waals surface area contributed by atoms with Crippen molar-refractivity contribution in [3.05, 3.63) is 188 Å². The molecule has 0 atom stereocenters. The number of halogens is 20. The molecular formula is C44H18F20N4O4Pt. The van der Waals surface area contributed by atoms with Crippen LogP contribution < -0.4 is 0 Å². The van der Waals surface area contributed by atoms with Crippen LogP contribution in [0.4, 0.5) is 87.8 Å². The van der Waals surface area contributed by atoms with E-state index in [1.54, 1.807) is 0 Å². The van der Waals surface area contributed by atoms with Crippen molar-refractivity contribution >= 4 is 46.4 Å². The molecule has 0 radical (unpaired) electrons. The van der Waals surface area contributed by atoms with Gasteiger partial charge < -0.3 is 30.4 Å². The Morgan fingerprint density at radius 3 is 0.534 bits per heavy atom. The van der Waals surface area contributed by atoms with Gasteiger partial charge in [0.25, 0.3) is 0 Å². The molecule has 0 saturated carbocycles. The summed E-state index contributed by atoms with van der Waals surface area (Å²) in [4.78, 5) is 16.0. The summed E-state index contributed by atoms with van der Waals surface area (Å²) in [5, 5.41) is 33.2. The Morgan fingerprint density at radius 2 is 0.384 bits per heavy atom. The molecule has 0 aliphatic carbocycles. The minimum Gasteiger partial charge on any atom is -0.503 e. The van der Waals surface area contributed by atoms with E-state index in [4.69, 9.17) is 20.4 Å². The monoisotopic (exact) mass is 1240 g/mol. The van der Waals surface area contributed by atoms with Crippen molar-refractivity contribution in [1.29, 1.82) is 0 Å². The van der Waals surface area contributed by atoms with Crippen molar-refractivity contribution in [2.24, 2.45) is 0 Å². The van der Waals surface area contributed by atoms with Gasteiger partial charge in [-0.1, -0.05) is 0 Å². The topological polar surface area (TPSA) is 138 Å². The molecule has 8 bridgehead atoms. The first-order valence-corrected chi connectivity index (χ1v) is 18.5. The number of nitrogens with zero attached hydrogens (tertiary/aromatic N) is 2. The molecule has 0 spiro atoms. The Labute approximate surface area is 405 Å². The zero-order chi connectivity index (χ0) is 53.8. The van der Waals surface area contributed by atoms with Crippen LogP contribution in [0, 0.1) is 116 Å². The zero-order valence-electron chi connectivity index (χ0n) is 34.5. The number of phenolic OH excluding ortho intramolecular Hbond substituents is 4. The number of nitrogens with one attached hydrogen (secondary N) is 2. The molecule has 0 unspecified atom stereocenters. The number of rotatable bonds is 0. The van der Waals surface area contributed by atoms with Crippen molar-refractivity contribution < 1.29 is 129 Å². The van der Waals surface area contributed by atoms with Crippen LogP contribution in [0.3, 0.4) is 0 Å². The summed E-state index contributed by atoms with van der Waals surface area (Å²) in [6.45, 7) is 0. The van der Waals surface area contributed by atoms with Crippen LogP contribution in [0.1, 0.15) is 22.8 Å². The van der Waals surface area contributed by atoms with Crippen LogP contribution in [-0.2, 0) is 21.1 Å². The molecule has 0 saturated heterocycles. The van der Waals surface area contributed by atoms with Gasteiger partial charge in [-0.05, 0) is 72.8 Å². The van der Waals surface area contributed by atoms with Crippen molar-refractivity contribution in [2.75, 3.05) is 0 Å².